The van der Waals surface area contributed by atoms with Crippen LogP contribution in [0.4, 0.5) is 11.4 Å². The fraction of sp³-hybridized carbons (Fsp3) is 0.154. The van der Waals surface area contributed by atoms with Gasteiger partial charge in [0.15, 0.2) is 11.3 Å². The van der Waals surface area contributed by atoms with Crippen molar-refractivity contribution in [2.75, 3.05) is 5.32 Å². The average Bonchev–Trinajstić information content (AvgIpc) is 3.47. The van der Waals surface area contributed by atoms with Gasteiger partial charge < -0.3 is 10.1 Å². The summed E-state index contributed by atoms with van der Waals surface area (Å²) in [5, 5.41) is 23.1. The standard InChI is InChI=1S/C26H23N7O4/c1-4-31-17(3)22(15-28-31)24-8-9-27-25-14-23(30-32(24)25)26(34)29-18-11-19(33(35)36)13-21(12-18)37-20-7-5-6-16(2)10-20/h5-15H,4H2,1-3H3,(H,29,34). The number of aromatic nitrogens is 5. The molecule has 5 aromatic rings. The second-order valence-electron chi connectivity index (χ2n) is 8.43. The molecule has 0 saturated heterocycles. The van der Waals surface area contributed by atoms with Crippen LogP contribution in [0.25, 0.3) is 16.9 Å². The highest BCUT2D eigenvalue weighted by Crippen LogP contribution is 2.30. The molecule has 3 aromatic heterocycles. The molecule has 1 N–H and O–H groups in total. The smallest absolute Gasteiger partial charge is 0.276 e. The van der Waals surface area contributed by atoms with E-state index in [1.807, 2.05) is 43.7 Å². The molecule has 0 aliphatic carbocycles. The third-order valence-electron chi connectivity index (χ3n) is 5.85. The first-order valence-electron chi connectivity index (χ1n) is 11.6. The summed E-state index contributed by atoms with van der Waals surface area (Å²) in [6.07, 6.45) is 3.40. The minimum atomic E-state index is -0.543. The molecule has 186 valence electrons. The minimum Gasteiger partial charge on any atom is -0.457 e. The molecule has 0 aliphatic rings. The Labute approximate surface area is 211 Å². The molecule has 0 atom stereocenters. The molecule has 0 bridgehead atoms. The summed E-state index contributed by atoms with van der Waals surface area (Å²) in [5.74, 6) is 0.204. The fourth-order valence-electron chi connectivity index (χ4n) is 4.06. The Morgan fingerprint density at radius 3 is 2.68 bits per heavy atom. The lowest BCUT2D eigenvalue weighted by Gasteiger charge is -2.09. The van der Waals surface area contributed by atoms with Gasteiger partial charge in [-0.25, -0.2) is 9.50 Å². The van der Waals surface area contributed by atoms with Gasteiger partial charge in [-0.05, 0) is 44.5 Å². The van der Waals surface area contributed by atoms with Gasteiger partial charge in [0, 0.05) is 42.2 Å². The first-order valence-corrected chi connectivity index (χ1v) is 11.6. The van der Waals surface area contributed by atoms with Gasteiger partial charge in [0.25, 0.3) is 11.6 Å². The predicted molar refractivity (Wildman–Crippen MR) is 137 cm³/mol. The number of nitro groups is 1. The Kier molecular flexibility index (Phi) is 6.10. The lowest BCUT2D eigenvalue weighted by molar-refractivity contribution is -0.384. The van der Waals surface area contributed by atoms with Crippen LogP contribution in [0.5, 0.6) is 11.5 Å². The van der Waals surface area contributed by atoms with Crippen LogP contribution in [0.1, 0.15) is 28.7 Å². The molecule has 0 spiro atoms. The highest BCUT2D eigenvalue weighted by atomic mass is 16.6. The number of nitrogens with zero attached hydrogens (tertiary/aromatic N) is 6. The maximum absolute atomic E-state index is 13.1. The van der Waals surface area contributed by atoms with Gasteiger partial charge in [-0.2, -0.15) is 10.2 Å². The summed E-state index contributed by atoms with van der Waals surface area (Å²) in [5.41, 5.74) is 4.13. The van der Waals surface area contributed by atoms with Crippen LogP contribution in [0, 0.1) is 24.0 Å². The molecule has 3 heterocycles. The number of ether oxygens (including phenoxy) is 1. The van der Waals surface area contributed by atoms with Crippen LogP contribution in [-0.2, 0) is 6.54 Å². The lowest BCUT2D eigenvalue weighted by atomic mass is 10.2. The van der Waals surface area contributed by atoms with Crippen LogP contribution in [-0.4, -0.2) is 35.2 Å². The first-order chi connectivity index (χ1) is 17.8. The molecule has 1 amide bonds. The van der Waals surface area contributed by atoms with E-state index in [2.05, 4.69) is 20.5 Å². The van der Waals surface area contributed by atoms with Crippen molar-refractivity contribution < 1.29 is 14.5 Å². The molecule has 0 saturated carbocycles. The lowest BCUT2D eigenvalue weighted by Crippen LogP contribution is -2.13. The Morgan fingerprint density at radius 1 is 1.11 bits per heavy atom. The van der Waals surface area contributed by atoms with E-state index in [0.29, 0.717) is 11.4 Å². The minimum absolute atomic E-state index is 0.105. The number of nitro benzene ring substituents is 1. The second kappa shape index (κ2) is 9.53. The Hall–Kier alpha value is -5.06. The number of hydrogen-bond acceptors (Lipinski definition) is 7. The van der Waals surface area contributed by atoms with E-state index in [1.54, 1.807) is 35.1 Å². The van der Waals surface area contributed by atoms with Crippen LogP contribution >= 0.6 is 0 Å². The largest absolute Gasteiger partial charge is 0.457 e. The van der Waals surface area contributed by atoms with Gasteiger partial charge in [-0.1, -0.05) is 12.1 Å². The molecule has 11 nitrogen and oxygen atoms in total. The number of non-ortho nitro benzene ring substituents is 1. The van der Waals surface area contributed by atoms with Gasteiger partial charge in [0.05, 0.1) is 28.6 Å². The van der Waals surface area contributed by atoms with E-state index in [-0.39, 0.29) is 22.8 Å². The summed E-state index contributed by atoms with van der Waals surface area (Å²) in [7, 11) is 0. The molecule has 0 fully saturated rings. The normalized spacial score (nSPS) is 11.0. The third kappa shape index (κ3) is 4.74. The van der Waals surface area contributed by atoms with Crippen molar-refractivity contribution in [1.29, 1.82) is 0 Å². The summed E-state index contributed by atoms with van der Waals surface area (Å²) < 4.78 is 9.27. The predicted octanol–water partition coefficient (Wildman–Crippen LogP) is 5.18. The monoisotopic (exact) mass is 497 g/mol. The highest BCUT2D eigenvalue weighted by molar-refractivity contribution is 6.03. The van der Waals surface area contributed by atoms with E-state index in [0.717, 1.165) is 29.1 Å². The summed E-state index contributed by atoms with van der Waals surface area (Å²) in [6, 6.07) is 14.8. The van der Waals surface area contributed by atoms with Crippen molar-refractivity contribution in [3.63, 3.8) is 0 Å². The zero-order valence-corrected chi connectivity index (χ0v) is 20.4. The van der Waals surface area contributed by atoms with Crippen molar-refractivity contribution in [1.82, 2.24) is 24.4 Å². The number of aryl methyl sites for hydroxylation is 2. The molecule has 37 heavy (non-hydrogen) atoms. The average molecular weight is 498 g/mol. The maximum Gasteiger partial charge on any atom is 0.276 e. The second-order valence-corrected chi connectivity index (χ2v) is 8.43. The molecular formula is C26H23N7O4. The van der Waals surface area contributed by atoms with Gasteiger partial charge in [-0.15, -0.1) is 0 Å². The van der Waals surface area contributed by atoms with Crippen LogP contribution < -0.4 is 10.1 Å². The molecule has 11 heteroatoms. The number of carbonyl (C=O) groups excluding carboxylic acids is 1. The van der Waals surface area contributed by atoms with Crippen molar-refractivity contribution >= 4 is 22.9 Å². The molecule has 0 aliphatic heterocycles. The number of fused-ring (bicyclic) bond motifs is 1. The SMILES string of the molecule is CCn1ncc(-c2ccnc3cc(C(=O)Nc4cc(Oc5cccc(C)c5)cc([N+](=O)[O-])c4)nn23)c1C. The summed E-state index contributed by atoms with van der Waals surface area (Å²) in [6.45, 7) is 6.62. The van der Waals surface area contributed by atoms with E-state index >= 15 is 0 Å². The molecular weight excluding hydrogens is 474 g/mol. The summed E-state index contributed by atoms with van der Waals surface area (Å²) in [4.78, 5) is 28.4. The van der Waals surface area contributed by atoms with Crippen molar-refractivity contribution in [3.05, 3.63) is 94.1 Å². The quantitative estimate of drug-likeness (QED) is 0.242. The van der Waals surface area contributed by atoms with Crippen molar-refractivity contribution in [2.24, 2.45) is 0 Å². The van der Waals surface area contributed by atoms with E-state index in [9.17, 15) is 14.9 Å². The topological polar surface area (TPSA) is 129 Å². The number of amides is 1. The maximum atomic E-state index is 13.1. The number of carbonyl (C=O) groups is 1. The van der Waals surface area contributed by atoms with Crippen LogP contribution in [0.3, 0.4) is 0 Å². The Balaban J connectivity index is 1.46. The van der Waals surface area contributed by atoms with Crippen molar-refractivity contribution in [3.8, 4) is 22.8 Å². The number of benzene rings is 2. The zero-order chi connectivity index (χ0) is 26.1. The van der Waals surface area contributed by atoms with Crippen LogP contribution in [0.15, 0.2) is 67.0 Å². The zero-order valence-electron chi connectivity index (χ0n) is 20.4. The third-order valence-corrected chi connectivity index (χ3v) is 5.85. The number of nitrogens with one attached hydrogen (secondary N) is 1. The number of hydrogen-bond donors (Lipinski definition) is 1. The summed E-state index contributed by atoms with van der Waals surface area (Å²) >= 11 is 0. The van der Waals surface area contributed by atoms with Gasteiger partial charge in [0.1, 0.15) is 11.5 Å². The highest BCUT2D eigenvalue weighted by Gasteiger charge is 2.19. The molecule has 2 aromatic carbocycles. The van der Waals surface area contributed by atoms with Gasteiger partial charge >= 0.3 is 0 Å². The van der Waals surface area contributed by atoms with Gasteiger partial charge in [0.2, 0.25) is 0 Å². The molecule has 0 radical (unpaired) electrons. The van der Waals surface area contributed by atoms with Crippen molar-refractivity contribution in [2.45, 2.75) is 27.3 Å². The Morgan fingerprint density at radius 2 is 1.95 bits per heavy atom. The Bertz CT molecular complexity index is 1650. The number of rotatable bonds is 7. The van der Waals surface area contributed by atoms with Gasteiger partial charge in [-0.3, -0.25) is 19.6 Å². The van der Waals surface area contributed by atoms with E-state index in [1.165, 1.54) is 18.2 Å². The van der Waals surface area contributed by atoms with Crippen LogP contribution in [0.2, 0.25) is 0 Å². The number of anilines is 1. The first kappa shape index (κ1) is 23.7. The van der Waals surface area contributed by atoms with E-state index in [4.69, 9.17) is 4.74 Å². The fourth-order valence-corrected chi connectivity index (χ4v) is 4.06. The molecule has 5 rings (SSSR count). The van der Waals surface area contributed by atoms with E-state index < -0.39 is 10.8 Å². The molecule has 0 unspecified atom stereocenters.